The van der Waals surface area contributed by atoms with Crippen molar-refractivity contribution in [3.8, 4) is 5.75 Å². The quantitative estimate of drug-likeness (QED) is 0.544. The van der Waals surface area contributed by atoms with Gasteiger partial charge in [0, 0.05) is 11.8 Å². The van der Waals surface area contributed by atoms with E-state index in [9.17, 15) is 18.5 Å². The van der Waals surface area contributed by atoms with Crippen LogP contribution in [0.1, 0.15) is 38.3 Å². The van der Waals surface area contributed by atoms with E-state index in [0.29, 0.717) is 0 Å². The van der Waals surface area contributed by atoms with E-state index in [-0.39, 0.29) is 17.5 Å². The molecule has 2 rings (SSSR count). The van der Waals surface area contributed by atoms with Crippen molar-refractivity contribution in [3.05, 3.63) is 40.1 Å². The molecule has 2 aromatic rings. The molecule has 1 unspecified atom stereocenters. The van der Waals surface area contributed by atoms with Crippen LogP contribution >= 0.6 is 0 Å². The number of aromatic nitrogens is 2. The fraction of sp³-hybridized carbons (Fsp3) is 0.400. The Bertz CT molecular complexity index is 863. The van der Waals surface area contributed by atoms with Crippen LogP contribution in [0.15, 0.2) is 29.2 Å². The van der Waals surface area contributed by atoms with E-state index >= 15 is 0 Å². The Kier molecular flexibility index (Phi) is 5.62. The summed E-state index contributed by atoms with van der Waals surface area (Å²) >= 11 is 0. The number of nitro benzene ring substituents is 1. The summed E-state index contributed by atoms with van der Waals surface area (Å²) in [7, 11) is -2.83. The number of nitrogens with zero attached hydrogens (tertiary/aromatic N) is 2. The molecule has 0 bridgehead atoms. The van der Waals surface area contributed by atoms with Crippen LogP contribution in [-0.2, 0) is 10.0 Å². The number of sulfonamides is 1. The summed E-state index contributed by atoms with van der Waals surface area (Å²) in [5.41, 5.74) is 0.228. The van der Waals surface area contributed by atoms with Gasteiger partial charge in [-0.2, -0.15) is 5.10 Å². The fourth-order valence-corrected chi connectivity index (χ4v) is 3.56. The van der Waals surface area contributed by atoms with E-state index in [0.717, 1.165) is 30.7 Å². The predicted octanol–water partition coefficient (Wildman–Crippen LogP) is 3.03. The van der Waals surface area contributed by atoms with Crippen molar-refractivity contribution in [2.45, 2.75) is 37.5 Å². The zero-order chi connectivity index (χ0) is 18.6. The molecule has 1 atom stereocenters. The number of methoxy groups -OCH3 is 1. The number of H-pyrrole nitrogens is 1. The molecular formula is C15H20N4O5S. The van der Waals surface area contributed by atoms with Gasteiger partial charge in [0.25, 0.3) is 15.7 Å². The van der Waals surface area contributed by atoms with Gasteiger partial charge in [-0.15, -0.1) is 0 Å². The minimum absolute atomic E-state index is 0.0862. The molecule has 0 saturated heterocycles. The average Bonchev–Trinajstić information content (AvgIpc) is 3.02. The van der Waals surface area contributed by atoms with Gasteiger partial charge in [0.15, 0.2) is 10.7 Å². The van der Waals surface area contributed by atoms with Crippen LogP contribution in [0.4, 0.5) is 11.5 Å². The molecule has 10 heteroatoms. The van der Waals surface area contributed by atoms with Crippen molar-refractivity contribution in [1.82, 2.24) is 10.2 Å². The highest BCUT2D eigenvalue weighted by Crippen LogP contribution is 2.30. The van der Waals surface area contributed by atoms with Crippen LogP contribution in [0.2, 0.25) is 0 Å². The highest BCUT2D eigenvalue weighted by atomic mass is 32.2. The molecule has 0 spiro atoms. The van der Waals surface area contributed by atoms with E-state index in [2.05, 4.69) is 21.8 Å². The molecule has 25 heavy (non-hydrogen) atoms. The van der Waals surface area contributed by atoms with E-state index in [1.165, 1.54) is 13.2 Å². The second-order valence-electron chi connectivity index (χ2n) is 5.59. The van der Waals surface area contributed by atoms with Gasteiger partial charge in [0.2, 0.25) is 0 Å². The third-order valence-electron chi connectivity index (χ3n) is 3.74. The second-order valence-corrected chi connectivity index (χ2v) is 7.25. The summed E-state index contributed by atoms with van der Waals surface area (Å²) in [6.07, 6.45) is 1.91. The van der Waals surface area contributed by atoms with Crippen LogP contribution in [0.3, 0.4) is 0 Å². The summed E-state index contributed by atoms with van der Waals surface area (Å²) in [5.74, 6) is 0.482. The number of rotatable bonds is 8. The summed E-state index contributed by atoms with van der Waals surface area (Å²) in [5, 5.41) is 17.9. The molecule has 0 aliphatic rings. The highest BCUT2D eigenvalue weighted by molar-refractivity contribution is 7.92. The first-order chi connectivity index (χ1) is 11.8. The maximum Gasteiger partial charge on any atom is 0.293 e. The lowest BCUT2D eigenvalue weighted by Gasteiger charge is -2.08. The Morgan fingerprint density at radius 3 is 2.72 bits per heavy atom. The Morgan fingerprint density at radius 2 is 2.12 bits per heavy atom. The summed E-state index contributed by atoms with van der Waals surface area (Å²) in [6.45, 7) is 4.06. The zero-order valence-electron chi connectivity index (χ0n) is 14.1. The van der Waals surface area contributed by atoms with Gasteiger partial charge in [0.05, 0.1) is 18.1 Å². The molecule has 9 nitrogen and oxygen atoms in total. The van der Waals surface area contributed by atoms with Gasteiger partial charge in [-0.3, -0.25) is 19.9 Å². The minimum Gasteiger partial charge on any atom is -0.497 e. The second kappa shape index (κ2) is 7.51. The van der Waals surface area contributed by atoms with E-state index in [1.54, 1.807) is 6.07 Å². The first kappa shape index (κ1) is 18.7. The Balaban J connectivity index is 2.32. The Hall–Kier alpha value is -2.62. The fourth-order valence-electron chi connectivity index (χ4n) is 2.42. The summed E-state index contributed by atoms with van der Waals surface area (Å²) in [6, 6.07) is 5.13. The van der Waals surface area contributed by atoms with E-state index in [4.69, 9.17) is 4.74 Å². The lowest BCUT2D eigenvalue weighted by Crippen LogP contribution is -2.15. The van der Waals surface area contributed by atoms with Crippen LogP contribution in [0, 0.1) is 10.1 Å². The zero-order valence-corrected chi connectivity index (χ0v) is 15.0. The van der Waals surface area contributed by atoms with Gasteiger partial charge >= 0.3 is 0 Å². The largest absolute Gasteiger partial charge is 0.497 e. The number of benzene rings is 1. The van der Waals surface area contributed by atoms with Gasteiger partial charge in [-0.05, 0) is 24.5 Å². The number of anilines is 1. The van der Waals surface area contributed by atoms with E-state index in [1.807, 2.05) is 6.92 Å². The maximum atomic E-state index is 12.5. The first-order valence-electron chi connectivity index (χ1n) is 7.69. The lowest BCUT2D eigenvalue weighted by atomic mass is 10.0. The molecule has 2 N–H and O–H groups in total. The normalized spacial score (nSPS) is 12.6. The standard InChI is InChI=1S/C15H20N4O5S/c1-4-5-10(2)12-9-15(17-16-12)18-25(22,23)14-7-6-11(24-3)8-13(14)19(20)21/h6-10H,4-5H2,1-3H3,(H2,16,17,18). The minimum atomic E-state index is -4.17. The van der Waals surface area contributed by atoms with Gasteiger partial charge < -0.3 is 4.74 Å². The lowest BCUT2D eigenvalue weighted by molar-refractivity contribution is -0.387. The highest BCUT2D eigenvalue weighted by Gasteiger charge is 2.27. The molecule has 0 aliphatic heterocycles. The third kappa shape index (κ3) is 4.27. The Labute approximate surface area is 145 Å². The van der Waals surface area contributed by atoms with Crippen LogP contribution in [-0.4, -0.2) is 30.6 Å². The number of nitrogens with one attached hydrogen (secondary N) is 2. The number of aromatic amines is 1. The molecule has 1 aromatic carbocycles. The number of hydrogen-bond acceptors (Lipinski definition) is 6. The molecular weight excluding hydrogens is 348 g/mol. The molecule has 0 radical (unpaired) electrons. The van der Waals surface area contributed by atoms with Gasteiger partial charge in [-0.1, -0.05) is 20.3 Å². The van der Waals surface area contributed by atoms with Crippen molar-refractivity contribution in [3.63, 3.8) is 0 Å². The van der Waals surface area contributed by atoms with Crippen molar-refractivity contribution in [1.29, 1.82) is 0 Å². The molecule has 0 saturated carbocycles. The average molecular weight is 368 g/mol. The van der Waals surface area contributed by atoms with Crippen LogP contribution in [0.25, 0.3) is 0 Å². The summed E-state index contributed by atoms with van der Waals surface area (Å²) in [4.78, 5) is 9.97. The van der Waals surface area contributed by atoms with Crippen molar-refractivity contribution in [2.24, 2.45) is 0 Å². The number of nitro groups is 1. The molecule has 0 amide bonds. The number of ether oxygens (including phenoxy) is 1. The summed E-state index contributed by atoms with van der Waals surface area (Å²) < 4.78 is 32.2. The van der Waals surface area contributed by atoms with Crippen LogP contribution in [0.5, 0.6) is 5.75 Å². The molecule has 1 aromatic heterocycles. The third-order valence-corrected chi connectivity index (χ3v) is 5.14. The monoisotopic (exact) mass is 368 g/mol. The van der Waals surface area contributed by atoms with Gasteiger partial charge in [-0.25, -0.2) is 8.42 Å². The van der Waals surface area contributed by atoms with Crippen molar-refractivity contribution < 1.29 is 18.1 Å². The molecule has 136 valence electrons. The maximum absolute atomic E-state index is 12.5. The van der Waals surface area contributed by atoms with Crippen LogP contribution < -0.4 is 9.46 Å². The predicted molar refractivity (Wildman–Crippen MR) is 92.4 cm³/mol. The topological polar surface area (TPSA) is 127 Å². The molecule has 1 heterocycles. The SMILES string of the molecule is CCCC(C)c1cc(NS(=O)(=O)c2ccc(OC)cc2[N+](=O)[O-])n[nH]1. The number of hydrogen-bond donors (Lipinski definition) is 2. The smallest absolute Gasteiger partial charge is 0.293 e. The van der Waals surface area contributed by atoms with Crippen molar-refractivity contribution in [2.75, 3.05) is 11.8 Å². The molecule has 0 fully saturated rings. The van der Waals surface area contributed by atoms with Gasteiger partial charge in [0.1, 0.15) is 5.75 Å². The first-order valence-corrected chi connectivity index (χ1v) is 9.17. The molecule has 0 aliphatic carbocycles. The Morgan fingerprint density at radius 1 is 1.40 bits per heavy atom. The van der Waals surface area contributed by atoms with Crippen molar-refractivity contribution >= 4 is 21.5 Å². The van der Waals surface area contributed by atoms with E-state index < -0.39 is 25.5 Å².